The highest BCUT2D eigenvalue weighted by Crippen LogP contribution is 2.18. The van der Waals surface area contributed by atoms with Gasteiger partial charge in [-0.1, -0.05) is 25.1 Å². The molecule has 0 saturated heterocycles. The van der Waals surface area contributed by atoms with E-state index in [0.29, 0.717) is 25.2 Å². The number of allylic oxidation sites excluding steroid dienone is 1. The van der Waals surface area contributed by atoms with E-state index in [1.54, 1.807) is 4.90 Å². The quantitative estimate of drug-likeness (QED) is 0.474. The first-order chi connectivity index (χ1) is 10.4. The molecule has 1 amide bonds. The van der Waals surface area contributed by atoms with Crippen molar-refractivity contribution in [2.75, 3.05) is 32.1 Å². The Hall–Kier alpha value is -2.14. The van der Waals surface area contributed by atoms with Gasteiger partial charge in [0, 0.05) is 24.5 Å². The number of para-hydroxylation sites is 1. The fraction of sp³-hybridized carbons (Fsp3) is 0.412. The molecule has 1 aromatic rings. The molecule has 0 radical (unpaired) electrons. The highest BCUT2D eigenvalue weighted by molar-refractivity contribution is 6.24. The van der Waals surface area contributed by atoms with Gasteiger partial charge >= 0.3 is 0 Å². The molecule has 0 heterocycles. The van der Waals surface area contributed by atoms with Gasteiger partial charge in [-0.05, 0) is 39.6 Å². The summed E-state index contributed by atoms with van der Waals surface area (Å²) in [7, 11) is 3.88. The lowest BCUT2D eigenvalue weighted by molar-refractivity contribution is -0.120. The molecule has 5 nitrogen and oxygen atoms in total. The zero-order valence-electron chi connectivity index (χ0n) is 13.8. The van der Waals surface area contributed by atoms with Crippen LogP contribution in [-0.2, 0) is 9.59 Å². The lowest BCUT2D eigenvalue weighted by Crippen LogP contribution is -2.39. The molecule has 2 N–H and O–H groups in total. The molecule has 0 spiro atoms. The first kappa shape index (κ1) is 17.9. The molecule has 0 atom stereocenters. The first-order valence-electron chi connectivity index (χ1n) is 7.39. The van der Waals surface area contributed by atoms with E-state index in [2.05, 4.69) is 0 Å². The van der Waals surface area contributed by atoms with Crippen molar-refractivity contribution in [3.8, 4) is 0 Å². The summed E-state index contributed by atoms with van der Waals surface area (Å²) in [5.74, 6) is -0.630. The third kappa shape index (κ3) is 4.70. The Kier molecular flexibility index (Phi) is 6.79. The van der Waals surface area contributed by atoms with Crippen LogP contribution in [0, 0.1) is 0 Å². The summed E-state index contributed by atoms with van der Waals surface area (Å²) in [6.45, 7) is 4.39. The van der Waals surface area contributed by atoms with Crippen LogP contribution in [0.3, 0.4) is 0 Å². The number of carbonyl (C=O) groups excluding carboxylic acids is 2. The van der Waals surface area contributed by atoms with Gasteiger partial charge in [-0.2, -0.15) is 0 Å². The van der Waals surface area contributed by atoms with E-state index in [1.165, 1.54) is 6.92 Å². The van der Waals surface area contributed by atoms with Crippen LogP contribution in [0.5, 0.6) is 0 Å². The Labute approximate surface area is 132 Å². The molecule has 0 aliphatic carbocycles. The highest BCUT2D eigenvalue weighted by Gasteiger charge is 2.25. The van der Waals surface area contributed by atoms with Crippen molar-refractivity contribution >= 4 is 17.4 Å². The molecule has 120 valence electrons. The minimum atomic E-state index is -0.333. The van der Waals surface area contributed by atoms with Crippen LogP contribution in [0.25, 0.3) is 0 Å². The normalized spacial score (nSPS) is 12.0. The number of Topliss-reactive ketones (excluding diaryl/α,β-unsaturated/α-hetero) is 1. The van der Waals surface area contributed by atoms with Crippen LogP contribution in [0.15, 0.2) is 41.6 Å². The molecular weight excluding hydrogens is 278 g/mol. The summed E-state index contributed by atoms with van der Waals surface area (Å²) in [4.78, 5) is 28.3. The molecule has 0 unspecified atom stereocenters. The minimum Gasteiger partial charge on any atom is -0.401 e. The van der Waals surface area contributed by atoms with Gasteiger partial charge in [-0.3, -0.25) is 9.59 Å². The Bertz CT molecular complexity index is 550. The number of carbonyl (C=O) groups is 2. The van der Waals surface area contributed by atoms with Gasteiger partial charge in [-0.15, -0.1) is 0 Å². The second kappa shape index (κ2) is 8.34. The number of hydrogen-bond donors (Lipinski definition) is 1. The molecule has 1 aromatic carbocycles. The fourth-order valence-corrected chi connectivity index (χ4v) is 2.08. The summed E-state index contributed by atoms with van der Waals surface area (Å²) >= 11 is 0. The molecule has 0 bridgehead atoms. The Morgan fingerprint density at radius 1 is 1.09 bits per heavy atom. The van der Waals surface area contributed by atoms with Gasteiger partial charge in [0.2, 0.25) is 0 Å². The first-order valence-corrected chi connectivity index (χ1v) is 7.39. The van der Waals surface area contributed by atoms with Gasteiger partial charge in [0.25, 0.3) is 5.91 Å². The van der Waals surface area contributed by atoms with Crippen LogP contribution in [0.4, 0.5) is 5.69 Å². The predicted molar refractivity (Wildman–Crippen MR) is 89.5 cm³/mol. The zero-order valence-corrected chi connectivity index (χ0v) is 13.8. The standard InChI is InChI=1S/C17H25N3O2/c1-5-15(18)16(13(2)21)17(22)20(12-11-19(3)4)14-9-7-6-8-10-14/h6-10H,5,11-12,18H2,1-4H3. The third-order valence-electron chi connectivity index (χ3n) is 3.35. The molecular formula is C17H25N3O2. The van der Waals surface area contributed by atoms with Gasteiger partial charge in [-0.25, -0.2) is 0 Å². The van der Waals surface area contributed by atoms with Crippen molar-refractivity contribution < 1.29 is 9.59 Å². The second-order valence-electron chi connectivity index (χ2n) is 5.41. The average molecular weight is 303 g/mol. The zero-order chi connectivity index (χ0) is 16.7. The van der Waals surface area contributed by atoms with Crippen LogP contribution >= 0.6 is 0 Å². The third-order valence-corrected chi connectivity index (χ3v) is 3.35. The summed E-state index contributed by atoms with van der Waals surface area (Å²) in [6, 6.07) is 9.33. The van der Waals surface area contributed by atoms with Gasteiger partial charge in [0.15, 0.2) is 5.78 Å². The molecule has 0 aliphatic rings. The van der Waals surface area contributed by atoms with E-state index in [9.17, 15) is 9.59 Å². The predicted octanol–water partition coefficient (Wildman–Crippen LogP) is 1.79. The lowest BCUT2D eigenvalue weighted by atomic mass is 10.1. The van der Waals surface area contributed by atoms with Crippen molar-refractivity contribution in [3.05, 3.63) is 41.6 Å². The van der Waals surface area contributed by atoms with Crippen LogP contribution < -0.4 is 10.6 Å². The number of hydrogen-bond acceptors (Lipinski definition) is 4. The maximum atomic E-state index is 12.8. The second-order valence-corrected chi connectivity index (χ2v) is 5.41. The number of rotatable bonds is 7. The van der Waals surface area contributed by atoms with Gasteiger partial charge in [0.1, 0.15) is 5.57 Å². The molecule has 0 fully saturated rings. The highest BCUT2D eigenvalue weighted by atomic mass is 16.2. The van der Waals surface area contributed by atoms with Crippen molar-refractivity contribution in [1.82, 2.24) is 4.90 Å². The number of benzene rings is 1. The Balaban J connectivity index is 3.20. The van der Waals surface area contributed by atoms with E-state index in [0.717, 1.165) is 5.69 Å². The van der Waals surface area contributed by atoms with E-state index in [1.807, 2.05) is 56.3 Å². The lowest BCUT2D eigenvalue weighted by Gasteiger charge is -2.25. The number of nitrogens with two attached hydrogens (primary N) is 1. The number of ketones is 1. The Morgan fingerprint density at radius 3 is 2.14 bits per heavy atom. The maximum Gasteiger partial charge on any atom is 0.263 e. The summed E-state index contributed by atoms with van der Waals surface area (Å²) in [5.41, 5.74) is 7.08. The largest absolute Gasteiger partial charge is 0.401 e. The van der Waals surface area contributed by atoms with Gasteiger partial charge in [0.05, 0.1) is 0 Å². The molecule has 22 heavy (non-hydrogen) atoms. The van der Waals surface area contributed by atoms with Crippen molar-refractivity contribution in [2.45, 2.75) is 20.3 Å². The molecule has 0 aromatic heterocycles. The van der Waals surface area contributed by atoms with E-state index < -0.39 is 0 Å². The number of anilines is 1. The summed E-state index contributed by atoms with van der Waals surface area (Å²) in [6.07, 6.45) is 0.469. The monoisotopic (exact) mass is 303 g/mol. The molecule has 0 saturated carbocycles. The number of nitrogens with zero attached hydrogens (tertiary/aromatic N) is 2. The number of amides is 1. The molecule has 1 rings (SSSR count). The van der Waals surface area contributed by atoms with Crippen LogP contribution in [0.1, 0.15) is 20.3 Å². The molecule has 0 aliphatic heterocycles. The van der Waals surface area contributed by atoms with E-state index in [4.69, 9.17) is 5.73 Å². The van der Waals surface area contributed by atoms with Crippen molar-refractivity contribution in [1.29, 1.82) is 0 Å². The average Bonchev–Trinajstić information content (AvgIpc) is 2.47. The summed E-state index contributed by atoms with van der Waals surface area (Å²) in [5, 5.41) is 0. The Morgan fingerprint density at radius 2 is 1.68 bits per heavy atom. The fourth-order valence-electron chi connectivity index (χ4n) is 2.08. The minimum absolute atomic E-state index is 0.0881. The maximum absolute atomic E-state index is 12.8. The molecule has 5 heteroatoms. The van der Waals surface area contributed by atoms with Crippen molar-refractivity contribution in [2.24, 2.45) is 5.73 Å². The van der Waals surface area contributed by atoms with Crippen LogP contribution in [0.2, 0.25) is 0 Å². The smallest absolute Gasteiger partial charge is 0.263 e. The summed E-state index contributed by atoms with van der Waals surface area (Å²) < 4.78 is 0. The van der Waals surface area contributed by atoms with Gasteiger partial charge < -0.3 is 15.5 Å². The van der Waals surface area contributed by atoms with E-state index in [-0.39, 0.29) is 17.3 Å². The van der Waals surface area contributed by atoms with Crippen LogP contribution in [-0.4, -0.2) is 43.8 Å². The SMILES string of the molecule is CCC(N)=C(C(C)=O)C(=O)N(CCN(C)C)c1ccccc1. The topological polar surface area (TPSA) is 66.6 Å². The number of likely N-dealkylation sites (N-methyl/N-ethyl adjacent to an activating group) is 1. The van der Waals surface area contributed by atoms with E-state index >= 15 is 0 Å². The van der Waals surface area contributed by atoms with Crippen molar-refractivity contribution in [3.63, 3.8) is 0 Å².